The Morgan fingerprint density at radius 1 is 0.738 bits per heavy atom. The zero-order valence-corrected chi connectivity index (χ0v) is 35.8. The Morgan fingerprint density at radius 3 is 1.52 bits per heavy atom. The van der Waals surface area contributed by atoms with Gasteiger partial charge in [0.05, 0.1) is 30.5 Å². The predicted molar refractivity (Wildman–Crippen MR) is 205 cm³/mol. The molecule has 0 aliphatic carbocycles. The Labute approximate surface area is 352 Å². The Bertz CT molecular complexity index is 1870. The van der Waals surface area contributed by atoms with Crippen LogP contribution in [0.15, 0.2) is 0 Å². The molecule has 6 heterocycles. The van der Waals surface area contributed by atoms with Gasteiger partial charge in [0.15, 0.2) is 5.96 Å². The molecule has 29 heteroatoms. The number of amides is 7. The molecule has 6 aliphatic rings. The van der Waals surface area contributed by atoms with Crippen LogP contribution in [-0.4, -0.2) is 179 Å². The predicted octanol–water partition coefficient (Wildman–Crippen LogP) is -1.23. The third-order valence-electron chi connectivity index (χ3n) is 10.8. The summed E-state index contributed by atoms with van der Waals surface area (Å²) in [6.07, 6.45) is 2.50. The van der Waals surface area contributed by atoms with Gasteiger partial charge in [-0.2, -0.15) is 27.0 Å². The minimum atomic E-state index is -4.85. The lowest BCUT2D eigenvalue weighted by Crippen LogP contribution is -2.53. The third-order valence-corrected chi connectivity index (χ3v) is 11.5. The van der Waals surface area contributed by atoms with E-state index in [1.165, 1.54) is 9.80 Å². The number of piperidine rings is 4. The lowest BCUT2D eigenvalue weighted by Gasteiger charge is -2.36. The molecule has 0 saturated carbocycles. The number of likely N-dealkylation sites (tertiary alicyclic amines) is 2. The van der Waals surface area contributed by atoms with Crippen LogP contribution in [0.1, 0.15) is 79.1 Å². The number of rotatable bonds is 12. The highest BCUT2D eigenvalue weighted by atomic mass is 32.3. The van der Waals surface area contributed by atoms with Crippen molar-refractivity contribution in [1.29, 1.82) is 5.41 Å². The zero-order valence-electron chi connectivity index (χ0n) is 34.1. The van der Waals surface area contributed by atoms with Crippen molar-refractivity contribution in [2.24, 2.45) is 5.73 Å². The van der Waals surface area contributed by atoms with E-state index < -0.39 is 80.5 Å². The Hall–Kier alpha value is -4.36. The van der Waals surface area contributed by atoms with E-state index in [2.05, 4.69) is 29.7 Å². The number of guanidine groups is 1. The summed E-state index contributed by atoms with van der Waals surface area (Å²) in [6.45, 7) is 9.84. The standard InChI is InChI=1S/C19H33N5O9S.C13H22N6O7S/c1-12(20-17(26)31-19(2,3)4)22-9-7-14(8-10-22)32-21-16(25)15-6-5-13-11-23(15)18(27)24(13)33-34(28,29)30;14-12(15)17-5-3-9(4-6-17)25-16-11(20)10-2-1-8-7-18(10)13(21)19(8)26-27(22,23)24/h12-15H,5-11H2,1-4H3,(H,20,26)(H,21,25)(H,28,29,30);8-10H,1-7H2,(H3,14,15)(H,16,20)(H,22,23,24)/t12?,13-,15+;8-,10+/m11/s1. The van der Waals surface area contributed by atoms with E-state index in [1.807, 2.05) is 6.92 Å². The monoisotopic (exact) mass is 913 g/mol. The number of carbonyl (C=O) groups is 5. The van der Waals surface area contributed by atoms with Crippen molar-refractivity contribution >= 4 is 56.7 Å². The number of nitrogens with zero attached hydrogens (tertiary/aromatic N) is 6. The summed E-state index contributed by atoms with van der Waals surface area (Å²) in [5.41, 5.74) is 9.64. The molecule has 7 amide bonds. The molecule has 61 heavy (non-hydrogen) atoms. The summed E-state index contributed by atoms with van der Waals surface area (Å²) in [6, 6.07) is -4.39. The van der Waals surface area contributed by atoms with Gasteiger partial charge >= 0.3 is 39.0 Å². The molecule has 6 saturated heterocycles. The molecular weight excluding hydrogens is 859 g/mol. The van der Waals surface area contributed by atoms with Crippen molar-refractivity contribution in [3.63, 3.8) is 0 Å². The number of nitrogens with two attached hydrogens (primary N) is 1. The molecule has 6 aliphatic heterocycles. The SMILES string of the molecule is CC(NC(=O)OC(C)(C)C)N1CCC(ONC(=O)[C@@H]2CC[C@@H]3CN2C(=O)N3OS(=O)(=O)O)CC1.N=C(N)N1CCC(ONC(=O)[C@@H]2CC[C@@H]3CN2C(=O)N3OS(=O)(=O)O)CC1. The Morgan fingerprint density at radius 2 is 1.15 bits per heavy atom. The first-order chi connectivity index (χ1) is 28.4. The van der Waals surface area contributed by atoms with E-state index in [4.69, 9.17) is 34.7 Å². The summed E-state index contributed by atoms with van der Waals surface area (Å²) in [4.78, 5) is 78.9. The van der Waals surface area contributed by atoms with Crippen molar-refractivity contribution in [3.8, 4) is 0 Å². The van der Waals surface area contributed by atoms with Crippen LogP contribution in [0, 0.1) is 5.41 Å². The third kappa shape index (κ3) is 13.1. The number of ether oxygens (including phenoxy) is 1. The average molecular weight is 914 g/mol. The first-order valence-electron chi connectivity index (χ1n) is 19.7. The van der Waals surface area contributed by atoms with E-state index in [-0.39, 0.29) is 37.4 Å². The molecule has 8 N–H and O–H groups in total. The van der Waals surface area contributed by atoms with Crippen LogP contribution >= 0.6 is 0 Å². The molecule has 346 valence electrons. The Balaban J connectivity index is 0.000000237. The average Bonchev–Trinajstić information content (AvgIpc) is 3.53. The van der Waals surface area contributed by atoms with E-state index in [0.717, 1.165) is 0 Å². The van der Waals surface area contributed by atoms with Gasteiger partial charge in [0.25, 0.3) is 11.8 Å². The van der Waals surface area contributed by atoms with Gasteiger partial charge in [0.2, 0.25) is 0 Å². The number of hydroxylamine groups is 6. The quantitative estimate of drug-likeness (QED) is 0.0521. The maximum Gasteiger partial charge on any atom is 0.418 e. The van der Waals surface area contributed by atoms with E-state index in [1.54, 1.807) is 25.7 Å². The fourth-order valence-corrected chi connectivity index (χ4v) is 8.57. The number of alkyl carbamates (subject to hydrolysis) is 1. The number of urea groups is 2. The molecule has 6 rings (SSSR count). The minimum absolute atomic E-state index is 0.00143. The van der Waals surface area contributed by atoms with E-state index in [9.17, 15) is 40.8 Å². The number of fused-ring (bicyclic) bond motifs is 4. The molecule has 0 aromatic heterocycles. The minimum Gasteiger partial charge on any atom is -0.444 e. The van der Waals surface area contributed by atoms with Gasteiger partial charge in [-0.25, -0.2) is 25.3 Å². The first-order valence-corrected chi connectivity index (χ1v) is 22.4. The van der Waals surface area contributed by atoms with Crippen LogP contribution in [0.4, 0.5) is 14.4 Å². The first kappa shape index (κ1) is 47.7. The lowest BCUT2D eigenvalue weighted by atomic mass is 10.0. The molecule has 0 radical (unpaired) electrons. The highest BCUT2D eigenvalue weighted by Crippen LogP contribution is 2.32. The molecule has 6 fully saturated rings. The topological polar surface area (TPSA) is 346 Å². The highest BCUT2D eigenvalue weighted by Gasteiger charge is 2.51. The molecular formula is C32H55N11O16S2. The van der Waals surface area contributed by atoms with Gasteiger partial charge in [-0.3, -0.25) is 38.7 Å². The van der Waals surface area contributed by atoms with Crippen molar-refractivity contribution < 1.29 is 72.9 Å². The number of nitrogens with one attached hydrogen (secondary N) is 4. The summed E-state index contributed by atoms with van der Waals surface area (Å²) >= 11 is 0. The maximum absolute atomic E-state index is 12.6. The van der Waals surface area contributed by atoms with Crippen LogP contribution in [0.3, 0.4) is 0 Å². The fraction of sp³-hybridized carbons (Fsp3) is 0.812. The molecule has 0 aromatic rings. The maximum atomic E-state index is 12.6. The van der Waals surface area contributed by atoms with Gasteiger partial charge in [0, 0.05) is 39.3 Å². The van der Waals surface area contributed by atoms with Crippen LogP contribution in [-0.2, 0) is 53.4 Å². The van der Waals surface area contributed by atoms with Crippen LogP contribution in [0.2, 0.25) is 0 Å². The fourth-order valence-electron chi connectivity index (χ4n) is 7.79. The van der Waals surface area contributed by atoms with Crippen molar-refractivity contribution in [3.05, 3.63) is 0 Å². The summed E-state index contributed by atoms with van der Waals surface area (Å²) in [5, 5.41) is 11.4. The van der Waals surface area contributed by atoms with Gasteiger partial charge < -0.3 is 30.5 Å². The molecule has 27 nitrogen and oxygen atoms in total. The van der Waals surface area contributed by atoms with Crippen LogP contribution < -0.4 is 22.0 Å². The number of carbonyl (C=O) groups excluding carboxylic acids is 5. The second-order valence-electron chi connectivity index (χ2n) is 16.3. The molecule has 4 bridgehead atoms. The number of hydrogen-bond acceptors (Lipinski definition) is 16. The highest BCUT2D eigenvalue weighted by molar-refractivity contribution is 7.81. The summed E-state index contributed by atoms with van der Waals surface area (Å²) < 4.78 is 75.3. The molecule has 5 atom stereocenters. The normalized spacial score (nSPS) is 25.8. The van der Waals surface area contributed by atoms with Crippen LogP contribution in [0.25, 0.3) is 0 Å². The van der Waals surface area contributed by atoms with Crippen molar-refractivity contribution in [1.82, 2.24) is 46.0 Å². The summed E-state index contributed by atoms with van der Waals surface area (Å²) in [7, 11) is -9.68. The Kier molecular flexibility index (Phi) is 15.1. The molecule has 1 unspecified atom stereocenters. The second kappa shape index (κ2) is 19.4. The molecule has 0 spiro atoms. The van der Waals surface area contributed by atoms with Gasteiger partial charge in [-0.1, -0.05) is 0 Å². The van der Waals surface area contributed by atoms with Crippen molar-refractivity contribution in [2.45, 2.75) is 127 Å². The van der Waals surface area contributed by atoms with E-state index in [0.29, 0.717) is 87.7 Å². The molecule has 0 aromatic carbocycles. The smallest absolute Gasteiger partial charge is 0.418 e. The van der Waals surface area contributed by atoms with Gasteiger partial charge in [0.1, 0.15) is 17.7 Å². The summed E-state index contributed by atoms with van der Waals surface area (Å²) in [5.74, 6) is -1.02. The zero-order chi connectivity index (χ0) is 45.0. The van der Waals surface area contributed by atoms with E-state index >= 15 is 0 Å². The number of hydrogen-bond donors (Lipinski definition) is 7. The van der Waals surface area contributed by atoms with Crippen molar-refractivity contribution in [2.75, 3.05) is 39.3 Å². The van der Waals surface area contributed by atoms with Gasteiger partial charge in [-0.05, 0) is 79.1 Å². The largest absolute Gasteiger partial charge is 0.444 e. The van der Waals surface area contributed by atoms with Crippen LogP contribution in [0.5, 0.6) is 0 Å². The second-order valence-corrected chi connectivity index (χ2v) is 18.3. The lowest BCUT2D eigenvalue weighted by molar-refractivity contribution is -0.146. The van der Waals surface area contributed by atoms with Gasteiger partial charge in [-0.15, -0.1) is 8.57 Å².